The van der Waals surface area contributed by atoms with Gasteiger partial charge in [-0.3, -0.25) is 4.79 Å². The molecule has 0 spiro atoms. The van der Waals surface area contributed by atoms with Gasteiger partial charge in [0.25, 0.3) is 0 Å². The number of carbonyl (C=O) groups excluding carboxylic acids is 1. The zero-order valence-electron chi connectivity index (χ0n) is 10.2. The Morgan fingerprint density at radius 3 is 1.94 bits per heavy atom. The Bertz CT molecular complexity index is 351. The van der Waals surface area contributed by atoms with Crippen molar-refractivity contribution < 1.29 is 24.9 Å². The molecule has 18 heavy (non-hydrogen) atoms. The van der Waals surface area contributed by atoms with Crippen molar-refractivity contribution in [2.24, 2.45) is 11.8 Å². The van der Waals surface area contributed by atoms with Crippen LogP contribution in [-0.4, -0.2) is 75.5 Å². The summed E-state index contributed by atoms with van der Waals surface area (Å²) in [5.41, 5.74) is 0. The van der Waals surface area contributed by atoms with Gasteiger partial charge in [-0.05, 0) is 5.92 Å². The van der Waals surface area contributed by atoms with Crippen LogP contribution >= 0.6 is 0 Å². The minimum absolute atomic E-state index is 0.0797. The van der Waals surface area contributed by atoms with Crippen molar-refractivity contribution in [2.75, 3.05) is 26.2 Å². The number of nitrogens with zero attached hydrogens (tertiary/aromatic N) is 2. The molecule has 0 aliphatic carbocycles. The van der Waals surface area contributed by atoms with Gasteiger partial charge >= 0.3 is 12.0 Å². The Hall–Kier alpha value is -1.34. The fourth-order valence-corrected chi connectivity index (χ4v) is 2.57. The number of carbonyl (C=O) groups is 2. The van der Waals surface area contributed by atoms with Crippen LogP contribution in [0.3, 0.4) is 0 Å². The molecule has 3 N–H and O–H groups in total. The third-order valence-corrected chi connectivity index (χ3v) is 3.73. The van der Waals surface area contributed by atoms with Crippen LogP contribution in [0.1, 0.15) is 6.92 Å². The smallest absolute Gasteiger partial charge is 0.320 e. The van der Waals surface area contributed by atoms with E-state index < -0.39 is 24.1 Å². The number of amides is 2. The van der Waals surface area contributed by atoms with Crippen molar-refractivity contribution in [3.05, 3.63) is 0 Å². The monoisotopic (exact) mass is 258 g/mol. The quantitative estimate of drug-likeness (QED) is 0.548. The summed E-state index contributed by atoms with van der Waals surface area (Å²) in [5, 5.41) is 27.8. The van der Waals surface area contributed by atoms with E-state index in [4.69, 9.17) is 5.11 Å². The van der Waals surface area contributed by atoms with Crippen molar-refractivity contribution in [2.45, 2.75) is 19.1 Å². The van der Waals surface area contributed by atoms with Crippen LogP contribution in [0.25, 0.3) is 0 Å². The van der Waals surface area contributed by atoms with Crippen LogP contribution in [0.2, 0.25) is 0 Å². The van der Waals surface area contributed by atoms with Gasteiger partial charge in [-0.2, -0.15) is 0 Å². The molecule has 4 atom stereocenters. The van der Waals surface area contributed by atoms with Crippen LogP contribution in [0, 0.1) is 11.8 Å². The highest BCUT2D eigenvalue weighted by molar-refractivity contribution is 5.78. The number of likely N-dealkylation sites (tertiary alicyclic amines) is 2. The van der Waals surface area contributed by atoms with Gasteiger partial charge in [0.1, 0.15) is 0 Å². The second kappa shape index (κ2) is 4.74. The van der Waals surface area contributed by atoms with E-state index in [0.717, 1.165) is 0 Å². The molecule has 0 aromatic carbocycles. The van der Waals surface area contributed by atoms with E-state index in [0.29, 0.717) is 6.54 Å². The van der Waals surface area contributed by atoms with Gasteiger partial charge in [-0.15, -0.1) is 0 Å². The molecule has 2 fully saturated rings. The van der Waals surface area contributed by atoms with Crippen molar-refractivity contribution in [3.8, 4) is 0 Å². The van der Waals surface area contributed by atoms with Crippen LogP contribution in [0.4, 0.5) is 4.79 Å². The molecular formula is C11H18N2O5. The molecule has 0 saturated carbocycles. The number of rotatable bonds is 1. The van der Waals surface area contributed by atoms with Crippen molar-refractivity contribution >= 4 is 12.0 Å². The molecule has 2 amide bonds. The molecule has 2 heterocycles. The first kappa shape index (κ1) is 13.1. The summed E-state index contributed by atoms with van der Waals surface area (Å²) in [5.74, 6) is -1.51. The lowest BCUT2D eigenvalue weighted by atomic mass is 9.99. The van der Waals surface area contributed by atoms with Crippen molar-refractivity contribution in [1.82, 2.24) is 9.80 Å². The summed E-state index contributed by atoms with van der Waals surface area (Å²) in [6, 6.07) is -0.304. The number of hydrogen-bond donors (Lipinski definition) is 3. The van der Waals surface area contributed by atoms with Crippen LogP contribution in [-0.2, 0) is 4.79 Å². The third-order valence-electron chi connectivity index (χ3n) is 3.73. The Kier molecular flexibility index (Phi) is 3.45. The molecule has 102 valence electrons. The number of aliphatic carboxylic acids is 1. The maximum atomic E-state index is 12.1. The van der Waals surface area contributed by atoms with Gasteiger partial charge in [0.05, 0.1) is 31.2 Å². The molecule has 2 saturated heterocycles. The Morgan fingerprint density at radius 2 is 1.50 bits per heavy atom. The van der Waals surface area contributed by atoms with Crippen LogP contribution in [0.15, 0.2) is 0 Å². The SMILES string of the molecule is CC1CN(C(=O)N2CC(O)C(O)C2)CC1C(=O)O. The summed E-state index contributed by atoms with van der Waals surface area (Å²) in [6.07, 6.45) is -1.83. The molecule has 0 aromatic heterocycles. The normalized spacial score (nSPS) is 36.2. The summed E-state index contributed by atoms with van der Waals surface area (Å²) in [6.45, 7) is 2.60. The number of carboxylic acid groups (broad SMARTS) is 1. The molecule has 2 rings (SSSR count). The number of aliphatic hydroxyl groups is 2. The zero-order valence-corrected chi connectivity index (χ0v) is 10.2. The highest BCUT2D eigenvalue weighted by Gasteiger charge is 2.41. The van der Waals surface area contributed by atoms with Crippen LogP contribution in [0.5, 0.6) is 0 Å². The fraction of sp³-hybridized carbons (Fsp3) is 0.818. The summed E-state index contributed by atoms with van der Waals surface area (Å²) in [7, 11) is 0. The van der Waals surface area contributed by atoms with Gasteiger partial charge in [0.15, 0.2) is 0 Å². The van der Waals surface area contributed by atoms with Gasteiger partial charge in [-0.1, -0.05) is 6.92 Å². The number of hydrogen-bond acceptors (Lipinski definition) is 4. The average Bonchev–Trinajstić information content (AvgIpc) is 2.82. The number of carboxylic acids is 1. The highest BCUT2D eigenvalue weighted by atomic mass is 16.4. The number of β-amino-alcohol motifs (C(OH)–C–C–N with tert-alkyl or cyclic N) is 2. The van der Waals surface area contributed by atoms with Crippen molar-refractivity contribution in [3.63, 3.8) is 0 Å². The predicted molar refractivity (Wildman–Crippen MR) is 60.8 cm³/mol. The standard InChI is InChI=1S/C11H18N2O5/c1-6-2-12(3-7(6)10(16)17)11(18)13-4-8(14)9(15)5-13/h6-9,14-15H,2-5H2,1H3,(H,16,17). The van der Waals surface area contributed by atoms with E-state index in [9.17, 15) is 19.8 Å². The molecular weight excluding hydrogens is 240 g/mol. The first-order chi connectivity index (χ1) is 8.40. The first-order valence-corrected chi connectivity index (χ1v) is 6.03. The summed E-state index contributed by atoms with van der Waals surface area (Å²) < 4.78 is 0. The second-order valence-electron chi connectivity index (χ2n) is 5.15. The van der Waals surface area contributed by atoms with Gasteiger partial charge in [-0.25, -0.2) is 4.79 Å². The van der Waals surface area contributed by atoms with E-state index >= 15 is 0 Å². The van der Waals surface area contributed by atoms with Crippen LogP contribution < -0.4 is 0 Å². The van der Waals surface area contributed by atoms with E-state index in [-0.39, 0.29) is 31.6 Å². The molecule has 4 unspecified atom stereocenters. The Labute approximate surface area is 105 Å². The fourth-order valence-electron chi connectivity index (χ4n) is 2.57. The molecule has 7 nitrogen and oxygen atoms in total. The minimum atomic E-state index is -0.913. The van der Waals surface area contributed by atoms with E-state index in [1.165, 1.54) is 9.80 Å². The summed E-state index contributed by atoms with van der Waals surface area (Å²) in [4.78, 5) is 25.9. The van der Waals surface area contributed by atoms with Gasteiger partial charge in [0, 0.05) is 13.1 Å². The molecule has 0 bridgehead atoms. The first-order valence-electron chi connectivity index (χ1n) is 6.03. The maximum Gasteiger partial charge on any atom is 0.320 e. The highest BCUT2D eigenvalue weighted by Crippen LogP contribution is 2.25. The lowest BCUT2D eigenvalue weighted by Crippen LogP contribution is -2.41. The summed E-state index contributed by atoms with van der Waals surface area (Å²) >= 11 is 0. The number of aliphatic hydroxyl groups excluding tert-OH is 2. The predicted octanol–water partition coefficient (Wildman–Crippen LogP) is -1.20. The van der Waals surface area contributed by atoms with E-state index in [2.05, 4.69) is 0 Å². The van der Waals surface area contributed by atoms with Gasteiger partial charge in [0.2, 0.25) is 0 Å². The zero-order chi connectivity index (χ0) is 13.4. The van der Waals surface area contributed by atoms with E-state index in [1.807, 2.05) is 0 Å². The average molecular weight is 258 g/mol. The Morgan fingerprint density at radius 1 is 1.00 bits per heavy atom. The molecule has 2 aliphatic rings. The molecule has 0 aromatic rings. The number of urea groups is 1. The van der Waals surface area contributed by atoms with E-state index in [1.54, 1.807) is 6.92 Å². The minimum Gasteiger partial charge on any atom is -0.481 e. The Balaban J connectivity index is 1.97. The van der Waals surface area contributed by atoms with Gasteiger partial charge < -0.3 is 25.1 Å². The maximum absolute atomic E-state index is 12.1. The van der Waals surface area contributed by atoms with Crippen molar-refractivity contribution in [1.29, 1.82) is 0 Å². The molecule has 2 aliphatic heterocycles. The topological polar surface area (TPSA) is 101 Å². The lowest BCUT2D eigenvalue weighted by molar-refractivity contribution is -0.142. The third kappa shape index (κ3) is 2.28. The molecule has 7 heteroatoms. The second-order valence-corrected chi connectivity index (χ2v) is 5.15. The molecule has 0 radical (unpaired) electrons. The largest absolute Gasteiger partial charge is 0.481 e. The lowest BCUT2D eigenvalue weighted by Gasteiger charge is -2.23.